The summed E-state index contributed by atoms with van der Waals surface area (Å²) in [5.74, 6) is 0.518. The van der Waals surface area contributed by atoms with Crippen molar-refractivity contribution in [2.24, 2.45) is 0 Å². The number of benzene rings is 2. The van der Waals surface area contributed by atoms with Crippen LogP contribution in [0, 0.1) is 6.92 Å². The van der Waals surface area contributed by atoms with Gasteiger partial charge in [-0.25, -0.2) is 0 Å². The topological polar surface area (TPSA) is 64.3 Å². The van der Waals surface area contributed by atoms with Crippen molar-refractivity contribution < 1.29 is 9.53 Å². The van der Waals surface area contributed by atoms with Gasteiger partial charge in [0, 0.05) is 5.56 Å². The molecule has 0 atom stereocenters. The maximum atomic E-state index is 12.0. The minimum absolute atomic E-state index is 0.196. The molecule has 0 radical (unpaired) electrons. The van der Waals surface area contributed by atoms with Crippen molar-refractivity contribution in [1.29, 1.82) is 0 Å². The van der Waals surface area contributed by atoms with Crippen LogP contribution in [-0.4, -0.2) is 13.0 Å². The van der Waals surface area contributed by atoms with Crippen molar-refractivity contribution >= 4 is 17.3 Å². The number of ether oxygens (including phenoxy) is 1. The summed E-state index contributed by atoms with van der Waals surface area (Å²) in [4.78, 5) is 12.0. The lowest BCUT2D eigenvalue weighted by Crippen LogP contribution is -2.13. The van der Waals surface area contributed by atoms with Gasteiger partial charge >= 0.3 is 0 Å². The maximum absolute atomic E-state index is 12.0. The summed E-state index contributed by atoms with van der Waals surface area (Å²) in [7, 11) is 1.59. The normalized spacial score (nSPS) is 10.0. The smallest absolute Gasteiger partial charge is 0.255 e. The molecule has 4 nitrogen and oxygen atoms in total. The standard InChI is InChI=1S/C15H16N2O2/c1-10-3-8-14(13(16)9-10)17-15(18)11-4-6-12(19-2)7-5-11/h3-9H,16H2,1-2H3,(H,17,18). The Balaban J connectivity index is 2.15. The van der Waals surface area contributed by atoms with E-state index in [0.717, 1.165) is 5.56 Å². The van der Waals surface area contributed by atoms with E-state index in [1.807, 2.05) is 19.1 Å². The second kappa shape index (κ2) is 5.44. The predicted octanol–water partition coefficient (Wildman–Crippen LogP) is 2.84. The van der Waals surface area contributed by atoms with Crippen molar-refractivity contribution in [3.63, 3.8) is 0 Å². The number of carbonyl (C=O) groups excluding carboxylic acids is 1. The number of amides is 1. The van der Waals surface area contributed by atoms with Gasteiger partial charge in [0.2, 0.25) is 0 Å². The van der Waals surface area contributed by atoms with Gasteiger partial charge in [-0.2, -0.15) is 0 Å². The van der Waals surface area contributed by atoms with E-state index in [1.54, 1.807) is 37.4 Å². The number of hydrogen-bond donors (Lipinski definition) is 2. The Hall–Kier alpha value is -2.49. The molecule has 0 fully saturated rings. The number of carbonyl (C=O) groups is 1. The van der Waals surface area contributed by atoms with E-state index in [4.69, 9.17) is 10.5 Å². The van der Waals surface area contributed by atoms with Gasteiger partial charge < -0.3 is 15.8 Å². The summed E-state index contributed by atoms with van der Waals surface area (Å²) < 4.78 is 5.05. The quantitative estimate of drug-likeness (QED) is 0.830. The van der Waals surface area contributed by atoms with Crippen LogP contribution in [-0.2, 0) is 0 Å². The number of methoxy groups -OCH3 is 1. The molecule has 19 heavy (non-hydrogen) atoms. The van der Waals surface area contributed by atoms with Gasteiger partial charge in [-0.1, -0.05) is 6.07 Å². The van der Waals surface area contributed by atoms with Crippen LogP contribution in [0.2, 0.25) is 0 Å². The van der Waals surface area contributed by atoms with Crippen molar-refractivity contribution in [2.75, 3.05) is 18.2 Å². The molecular formula is C15H16N2O2. The first-order chi connectivity index (χ1) is 9.10. The molecule has 0 heterocycles. The fraction of sp³-hybridized carbons (Fsp3) is 0.133. The third kappa shape index (κ3) is 3.04. The van der Waals surface area contributed by atoms with Gasteiger partial charge in [0.25, 0.3) is 5.91 Å². The van der Waals surface area contributed by atoms with Crippen LogP contribution in [0.3, 0.4) is 0 Å². The first-order valence-electron chi connectivity index (χ1n) is 5.91. The third-order valence-corrected chi connectivity index (χ3v) is 2.81. The van der Waals surface area contributed by atoms with Crippen molar-refractivity contribution in [3.05, 3.63) is 53.6 Å². The van der Waals surface area contributed by atoms with E-state index >= 15 is 0 Å². The molecule has 98 valence electrons. The molecule has 0 aliphatic heterocycles. The molecule has 2 aromatic rings. The van der Waals surface area contributed by atoms with Crippen molar-refractivity contribution in [3.8, 4) is 5.75 Å². The maximum Gasteiger partial charge on any atom is 0.255 e. The van der Waals surface area contributed by atoms with E-state index in [2.05, 4.69) is 5.32 Å². The molecule has 4 heteroatoms. The number of nitrogens with one attached hydrogen (secondary N) is 1. The largest absolute Gasteiger partial charge is 0.497 e. The van der Waals surface area contributed by atoms with Gasteiger partial charge in [0.1, 0.15) is 5.75 Å². The van der Waals surface area contributed by atoms with Crippen LogP contribution >= 0.6 is 0 Å². The highest BCUT2D eigenvalue weighted by molar-refractivity contribution is 6.05. The summed E-state index contributed by atoms with van der Waals surface area (Å²) in [6, 6.07) is 12.4. The molecule has 0 unspecified atom stereocenters. The zero-order valence-electron chi connectivity index (χ0n) is 10.9. The van der Waals surface area contributed by atoms with Gasteiger partial charge in [-0.05, 0) is 48.9 Å². The molecular weight excluding hydrogens is 240 g/mol. The Kier molecular flexibility index (Phi) is 3.71. The van der Waals surface area contributed by atoms with Crippen LogP contribution < -0.4 is 15.8 Å². The average Bonchev–Trinajstić information content (AvgIpc) is 2.42. The van der Waals surface area contributed by atoms with E-state index in [1.165, 1.54) is 0 Å². The molecule has 2 rings (SSSR count). The molecule has 2 aromatic carbocycles. The fourth-order valence-electron chi connectivity index (χ4n) is 1.73. The van der Waals surface area contributed by atoms with E-state index in [9.17, 15) is 4.79 Å². The summed E-state index contributed by atoms with van der Waals surface area (Å²) in [5.41, 5.74) is 8.64. The van der Waals surface area contributed by atoms with Gasteiger partial charge in [0.05, 0.1) is 18.5 Å². The second-order valence-corrected chi connectivity index (χ2v) is 4.27. The van der Waals surface area contributed by atoms with Gasteiger partial charge in [0.15, 0.2) is 0 Å². The van der Waals surface area contributed by atoms with E-state index in [0.29, 0.717) is 22.7 Å². The van der Waals surface area contributed by atoms with Crippen LogP contribution in [0.4, 0.5) is 11.4 Å². The van der Waals surface area contributed by atoms with Crippen LogP contribution in [0.15, 0.2) is 42.5 Å². The van der Waals surface area contributed by atoms with Gasteiger partial charge in [-0.15, -0.1) is 0 Å². The average molecular weight is 256 g/mol. The van der Waals surface area contributed by atoms with Crippen LogP contribution in [0.5, 0.6) is 5.75 Å². The summed E-state index contributed by atoms with van der Waals surface area (Å²) in [6.07, 6.45) is 0. The monoisotopic (exact) mass is 256 g/mol. The van der Waals surface area contributed by atoms with E-state index < -0.39 is 0 Å². The Labute approximate surface area is 112 Å². The van der Waals surface area contributed by atoms with Crippen LogP contribution in [0.25, 0.3) is 0 Å². The van der Waals surface area contributed by atoms with Crippen LogP contribution in [0.1, 0.15) is 15.9 Å². The Morgan fingerprint density at radius 3 is 2.42 bits per heavy atom. The number of anilines is 2. The Morgan fingerprint density at radius 2 is 1.84 bits per heavy atom. The molecule has 0 bridgehead atoms. The number of aryl methyl sites for hydroxylation is 1. The van der Waals surface area contributed by atoms with E-state index in [-0.39, 0.29) is 5.91 Å². The van der Waals surface area contributed by atoms with Crippen molar-refractivity contribution in [2.45, 2.75) is 6.92 Å². The minimum Gasteiger partial charge on any atom is -0.497 e. The highest BCUT2D eigenvalue weighted by Crippen LogP contribution is 2.20. The molecule has 1 amide bonds. The fourth-order valence-corrected chi connectivity index (χ4v) is 1.73. The summed E-state index contributed by atoms with van der Waals surface area (Å²) >= 11 is 0. The second-order valence-electron chi connectivity index (χ2n) is 4.27. The third-order valence-electron chi connectivity index (χ3n) is 2.81. The molecule has 0 saturated carbocycles. The number of nitrogen functional groups attached to an aromatic ring is 1. The molecule has 0 aromatic heterocycles. The highest BCUT2D eigenvalue weighted by atomic mass is 16.5. The molecule has 0 aliphatic carbocycles. The Bertz CT molecular complexity index is 592. The lowest BCUT2D eigenvalue weighted by Gasteiger charge is -2.09. The minimum atomic E-state index is -0.196. The zero-order valence-corrected chi connectivity index (χ0v) is 10.9. The van der Waals surface area contributed by atoms with Crippen molar-refractivity contribution in [1.82, 2.24) is 0 Å². The first-order valence-corrected chi connectivity index (χ1v) is 5.91. The molecule has 0 saturated heterocycles. The number of hydrogen-bond acceptors (Lipinski definition) is 3. The summed E-state index contributed by atoms with van der Waals surface area (Å²) in [5, 5.41) is 2.79. The SMILES string of the molecule is COc1ccc(C(=O)Nc2ccc(C)cc2N)cc1. The zero-order chi connectivity index (χ0) is 13.8. The lowest BCUT2D eigenvalue weighted by molar-refractivity contribution is 0.102. The molecule has 0 spiro atoms. The first kappa shape index (κ1) is 13.0. The lowest BCUT2D eigenvalue weighted by atomic mass is 10.1. The Morgan fingerprint density at radius 1 is 1.16 bits per heavy atom. The predicted molar refractivity (Wildman–Crippen MR) is 76.5 cm³/mol. The van der Waals surface area contributed by atoms with Gasteiger partial charge in [-0.3, -0.25) is 4.79 Å². The molecule has 3 N–H and O–H groups in total. The number of rotatable bonds is 3. The number of nitrogens with two attached hydrogens (primary N) is 1. The molecule has 0 aliphatic rings. The summed E-state index contributed by atoms with van der Waals surface area (Å²) in [6.45, 7) is 1.95. The highest BCUT2D eigenvalue weighted by Gasteiger charge is 2.08.